The van der Waals surface area contributed by atoms with Crippen molar-refractivity contribution >= 4 is 11.6 Å². The van der Waals surface area contributed by atoms with Gasteiger partial charge in [-0.2, -0.15) is 5.26 Å². The zero-order valence-electron chi connectivity index (χ0n) is 9.59. The summed E-state index contributed by atoms with van der Waals surface area (Å²) in [7, 11) is 0. The van der Waals surface area contributed by atoms with Crippen LogP contribution in [0.15, 0.2) is 18.2 Å². The van der Waals surface area contributed by atoms with Gasteiger partial charge >= 0.3 is 0 Å². The minimum atomic E-state index is -0.317. The second kappa shape index (κ2) is 4.47. The van der Waals surface area contributed by atoms with Crippen molar-refractivity contribution in [3.05, 3.63) is 34.3 Å². The molecular formula is C14H16ClN. The highest BCUT2D eigenvalue weighted by Gasteiger charge is 2.37. The maximum Gasteiger partial charge on any atom is 0.0836 e. The van der Waals surface area contributed by atoms with Crippen LogP contribution >= 0.6 is 11.6 Å². The van der Waals surface area contributed by atoms with Crippen LogP contribution < -0.4 is 0 Å². The molecule has 1 fully saturated rings. The predicted octanol–water partition coefficient (Wildman–Crippen LogP) is 4.24. The molecule has 0 unspecified atom stereocenters. The first-order chi connectivity index (χ1) is 7.73. The number of aryl methyl sites for hydroxylation is 1. The van der Waals surface area contributed by atoms with Crippen LogP contribution in [0.3, 0.4) is 0 Å². The first kappa shape index (κ1) is 11.5. The van der Waals surface area contributed by atoms with Crippen LogP contribution in [0.2, 0.25) is 5.02 Å². The Balaban J connectivity index is 2.51. The molecule has 1 aromatic carbocycles. The molecule has 16 heavy (non-hydrogen) atoms. The highest BCUT2D eigenvalue weighted by Crippen LogP contribution is 2.44. The molecule has 0 heterocycles. The first-order valence-electron chi connectivity index (χ1n) is 5.92. The minimum absolute atomic E-state index is 0.317. The van der Waals surface area contributed by atoms with Gasteiger partial charge in [-0.1, -0.05) is 49.6 Å². The number of hydrogen-bond donors (Lipinski definition) is 0. The van der Waals surface area contributed by atoms with Gasteiger partial charge in [0, 0.05) is 5.02 Å². The summed E-state index contributed by atoms with van der Waals surface area (Å²) in [5, 5.41) is 10.3. The van der Waals surface area contributed by atoms with Crippen LogP contribution in [0.4, 0.5) is 0 Å². The van der Waals surface area contributed by atoms with E-state index in [2.05, 4.69) is 13.0 Å². The standard InChI is InChI=1S/C14H16ClN/c1-2-11-6-5-7-12(13(11)15)14(10-16)8-3-4-9-14/h5-7H,2-4,8-9H2,1H3. The summed E-state index contributed by atoms with van der Waals surface area (Å²) >= 11 is 6.41. The van der Waals surface area contributed by atoms with Gasteiger partial charge in [-0.3, -0.25) is 0 Å². The van der Waals surface area contributed by atoms with E-state index >= 15 is 0 Å². The first-order valence-corrected chi connectivity index (χ1v) is 6.30. The van der Waals surface area contributed by atoms with E-state index in [-0.39, 0.29) is 5.41 Å². The highest BCUT2D eigenvalue weighted by atomic mass is 35.5. The van der Waals surface area contributed by atoms with E-state index in [0.717, 1.165) is 48.3 Å². The smallest absolute Gasteiger partial charge is 0.0836 e. The number of nitriles is 1. The van der Waals surface area contributed by atoms with Crippen LogP contribution in [0, 0.1) is 11.3 Å². The maximum absolute atomic E-state index is 9.45. The molecule has 0 aliphatic heterocycles. The fourth-order valence-electron chi connectivity index (χ4n) is 2.64. The Labute approximate surface area is 102 Å². The van der Waals surface area contributed by atoms with Gasteiger partial charge in [0.15, 0.2) is 0 Å². The van der Waals surface area contributed by atoms with E-state index in [9.17, 15) is 5.26 Å². The molecule has 0 aromatic heterocycles. The predicted molar refractivity (Wildman–Crippen MR) is 66.6 cm³/mol. The molecule has 2 heteroatoms. The Hall–Kier alpha value is -1.00. The number of nitrogens with zero attached hydrogens (tertiary/aromatic N) is 1. The summed E-state index contributed by atoms with van der Waals surface area (Å²) in [6, 6.07) is 8.60. The van der Waals surface area contributed by atoms with Gasteiger partial charge in [-0.15, -0.1) is 0 Å². The monoisotopic (exact) mass is 233 g/mol. The lowest BCUT2D eigenvalue weighted by atomic mass is 9.79. The zero-order chi connectivity index (χ0) is 11.6. The van der Waals surface area contributed by atoms with Crippen molar-refractivity contribution in [1.29, 1.82) is 5.26 Å². The van der Waals surface area contributed by atoms with Crippen molar-refractivity contribution < 1.29 is 0 Å². The molecule has 0 N–H and O–H groups in total. The van der Waals surface area contributed by atoms with E-state index in [1.165, 1.54) is 0 Å². The van der Waals surface area contributed by atoms with Gasteiger partial charge in [0.1, 0.15) is 0 Å². The van der Waals surface area contributed by atoms with Crippen LogP contribution in [0.25, 0.3) is 0 Å². The fraction of sp³-hybridized carbons (Fsp3) is 0.500. The zero-order valence-corrected chi connectivity index (χ0v) is 10.3. The SMILES string of the molecule is CCc1cccc(C2(C#N)CCCC2)c1Cl. The third kappa shape index (κ3) is 1.72. The van der Waals surface area contributed by atoms with Gasteiger partial charge in [0.05, 0.1) is 11.5 Å². The molecule has 0 radical (unpaired) electrons. The van der Waals surface area contributed by atoms with Crippen molar-refractivity contribution in [3.8, 4) is 6.07 Å². The second-order valence-electron chi connectivity index (χ2n) is 4.53. The van der Waals surface area contributed by atoms with E-state index in [1.54, 1.807) is 0 Å². The lowest BCUT2D eigenvalue weighted by Crippen LogP contribution is -2.20. The van der Waals surface area contributed by atoms with Gasteiger partial charge in [-0.05, 0) is 30.4 Å². The van der Waals surface area contributed by atoms with Crippen LogP contribution in [-0.2, 0) is 11.8 Å². The van der Waals surface area contributed by atoms with E-state index < -0.39 is 0 Å². The summed E-state index contributed by atoms with van der Waals surface area (Å²) in [5.41, 5.74) is 1.89. The molecule has 0 atom stereocenters. The third-order valence-corrected chi connectivity index (χ3v) is 4.09. The van der Waals surface area contributed by atoms with Crippen LogP contribution in [0.5, 0.6) is 0 Å². The second-order valence-corrected chi connectivity index (χ2v) is 4.91. The van der Waals surface area contributed by atoms with Gasteiger partial charge < -0.3 is 0 Å². The van der Waals surface area contributed by atoms with E-state index in [1.807, 2.05) is 18.2 Å². The van der Waals surface area contributed by atoms with Crippen molar-refractivity contribution in [2.24, 2.45) is 0 Å². The van der Waals surface area contributed by atoms with Gasteiger partial charge in [0.2, 0.25) is 0 Å². The van der Waals surface area contributed by atoms with Gasteiger partial charge in [-0.25, -0.2) is 0 Å². The average Bonchev–Trinajstić information content (AvgIpc) is 2.79. The maximum atomic E-state index is 9.45. The highest BCUT2D eigenvalue weighted by molar-refractivity contribution is 6.32. The molecule has 1 aliphatic carbocycles. The molecule has 2 rings (SSSR count). The van der Waals surface area contributed by atoms with E-state index in [0.29, 0.717) is 0 Å². The number of halogens is 1. The third-order valence-electron chi connectivity index (χ3n) is 3.65. The number of benzene rings is 1. The normalized spacial score (nSPS) is 18.3. The lowest BCUT2D eigenvalue weighted by molar-refractivity contribution is 0.572. The molecule has 1 saturated carbocycles. The Bertz CT molecular complexity index is 425. The number of hydrogen-bond acceptors (Lipinski definition) is 1. The summed E-state index contributed by atoms with van der Waals surface area (Å²) < 4.78 is 0. The van der Waals surface area contributed by atoms with Crippen LogP contribution in [-0.4, -0.2) is 0 Å². The molecule has 1 aliphatic rings. The summed E-state index contributed by atoms with van der Waals surface area (Å²) in [4.78, 5) is 0. The van der Waals surface area contributed by atoms with E-state index in [4.69, 9.17) is 11.6 Å². The van der Waals surface area contributed by atoms with Crippen LogP contribution in [0.1, 0.15) is 43.7 Å². The average molecular weight is 234 g/mol. The Morgan fingerprint density at radius 1 is 1.38 bits per heavy atom. The molecule has 84 valence electrons. The molecule has 1 nitrogen and oxygen atoms in total. The molecule has 0 spiro atoms. The molecule has 1 aromatic rings. The summed E-state index contributed by atoms with van der Waals surface area (Å²) in [5.74, 6) is 0. The lowest BCUT2D eigenvalue weighted by Gasteiger charge is -2.23. The van der Waals surface area contributed by atoms with Crippen molar-refractivity contribution in [3.63, 3.8) is 0 Å². The number of rotatable bonds is 2. The molecule has 0 saturated heterocycles. The van der Waals surface area contributed by atoms with Crippen molar-refractivity contribution in [1.82, 2.24) is 0 Å². The van der Waals surface area contributed by atoms with Crippen molar-refractivity contribution in [2.45, 2.75) is 44.4 Å². The fourth-order valence-corrected chi connectivity index (χ4v) is 3.08. The summed E-state index contributed by atoms with van der Waals surface area (Å²) in [6.45, 7) is 2.10. The topological polar surface area (TPSA) is 23.8 Å². The molecule has 0 amide bonds. The Morgan fingerprint density at radius 2 is 2.06 bits per heavy atom. The quantitative estimate of drug-likeness (QED) is 0.750. The van der Waals surface area contributed by atoms with Crippen molar-refractivity contribution in [2.75, 3.05) is 0 Å². The Kier molecular flexibility index (Phi) is 3.21. The molecular weight excluding hydrogens is 218 g/mol. The minimum Gasteiger partial charge on any atom is -0.197 e. The largest absolute Gasteiger partial charge is 0.197 e. The van der Waals surface area contributed by atoms with Gasteiger partial charge in [0.25, 0.3) is 0 Å². The Morgan fingerprint density at radius 3 is 2.62 bits per heavy atom. The summed E-state index contributed by atoms with van der Waals surface area (Å²) in [6.07, 6.45) is 5.11. The molecule has 0 bridgehead atoms.